The first kappa shape index (κ1) is 13.1. The van der Waals surface area contributed by atoms with E-state index in [0.29, 0.717) is 5.56 Å². The van der Waals surface area contributed by atoms with E-state index in [1.165, 1.54) is 0 Å². The van der Waals surface area contributed by atoms with Gasteiger partial charge in [-0.2, -0.15) is 0 Å². The summed E-state index contributed by atoms with van der Waals surface area (Å²) in [6, 6.07) is 15.4. The minimum atomic E-state index is -3.51. The molecule has 0 aliphatic carbocycles. The maximum Gasteiger partial charge on any atom is 0.236 e. The lowest BCUT2D eigenvalue weighted by Gasteiger charge is -2.07. The molecule has 0 aromatic heterocycles. The van der Waals surface area contributed by atoms with Crippen LogP contribution in [0.2, 0.25) is 0 Å². The van der Waals surface area contributed by atoms with E-state index in [4.69, 9.17) is 10.7 Å². The molecule has 0 amide bonds. The zero-order valence-corrected chi connectivity index (χ0v) is 11.5. The average Bonchev–Trinajstić information content (AvgIpc) is 2.27. The van der Waals surface area contributed by atoms with Crippen LogP contribution in [0, 0.1) is 6.92 Å². The predicted octanol–water partition coefficient (Wildman–Crippen LogP) is 3.73. The lowest BCUT2D eigenvalue weighted by atomic mass is 9.99. The number of rotatable bonds is 3. The average molecular weight is 281 g/mol. The maximum atomic E-state index is 11.1. The van der Waals surface area contributed by atoms with Crippen LogP contribution in [-0.4, -0.2) is 8.42 Å². The summed E-state index contributed by atoms with van der Waals surface area (Å²) in [5, 5.41) is 0. The zero-order chi connectivity index (χ0) is 13.2. The second kappa shape index (κ2) is 5.12. The van der Waals surface area contributed by atoms with Crippen LogP contribution in [0.1, 0.15) is 11.1 Å². The van der Waals surface area contributed by atoms with Crippen LogP contribution in [0.4, 0.5) is 0 Å². The highest BCUT2D eigenvalue weighted by Crippen LogP contribution is 2.24. The van der Waals surface area contributed by atoms with Gasteiger partial charge in [-0.1, -0.05) is 48.5 Å². The molecule has 0 unspecified atom stereocenters. The van der Waals surface area contributed by atoms with E-state index >= 15 is 0 Å². The molecule has 0 aliphatic rings. The SMILES string of the molecule is Cc1ccccc1-c1cccc(CS(=O)(=O)Cl)c1. The van der Waals surface area contributed by atoms with Crippen LogP contribution in [0.25, 0.3) is 11.1 Å². The van der Waals surface area contributed by atoms with Gasteiger partial charge in [0.05, 0.1) is 5.75 Å². The monoisotopic (exact) mass is 280 g/mol. The number of hydrogen-bond donors (Lipinski definition) is 0. The minimum absolute atomic E-state index is 0.145. The highest BCUT2D eigenvalue weighted by atomic mass is 35.7. The van der Waals surface area contributed by atoms with Gasteiger partial charge in [-0.3, -0.25) is 0 Å². The summed E-state index contributed by atoms with van der Waals surface area (Å²) in [5.74, 6) is -0.145. The molecule has 18 heavy (non-hydrogen) atoms. The smallest absolute Gasteiger partial charge is 0.212 e. The first-order valence-corrected chi connectivity index (χ1v) is 8.01. The second-order valence-electron chi connectivity index (χ2n) is 4.20. The third-order valence-electron chi connectivity index (χ3n) is 2.72. The van der Waals surface area contributed by atoms with Gasteiger partial charge in [0.2, 0.25) is 9.05 Å². The molecule has 0 fully saturated rings. The van der Waals surface area contributed by atoms with Crippen molar-refractivity contribution in [2.24, 2.45) is 0 Å². The summed E-state index contributed by atoms with van der Waals surface area (Å²) in [5.41, 5.74) is 3.96. The molecule has 2 aromatic rings. The largest absolute Gasteiger partial charge is 0.236 e. The molecule has 0 saturated carbocycles. The van der Waals surface area contributed by atoms with Gasteiger partial charge < -0.3 is 0 Å². The van der Waals surface area contributed by atoms with E-state index in [-0.39, 0.29) is 5.75 Å². The van der Waals surface area contributed by atoms with E-state index < -0.39 is 9.05 Å². The third kappa shape index (κ3) is 3.34. The predicted molar refractivity (Wildman–Crippen MR) is 75.1 cm³/mol. The standard InChI is InChI=1S/C14H13ClO2S/c1-11-5-2-3-8-14(11)13-7-4-6-12(9-13)10-18(15,16)17/h2-9H,10H2,1H3. The molecule has 0 aliphatic heterocycles. The summed E-state index contributed by atoms with van der Waals surface area (Å²) in [6.45, 7) is 2.03. The van der Waals surface area contributed by atoms with Crippen molar-refractivity contribution >= 4 is 19.7 Å². The van der Waals surface area contributed by atoms with Crippen molar-refractivity contribution in [1.82, 2.24) is 0 Å². The Labute approximate surface area is 112 Å². The summed E-state index contributed by atoms with van der Waals surface area (Å²) in [4.78, 5) is 0. The van der Waals surface area contributed by atoms with Gasteiger partial charge in [0.25, 0.3) is 0 Å². The highest BCUT2D eigenvalue weighted by molar-refractivity contribution is 8.13. The lowest BCUT2D eigenvalue weighted by molar-refractivity contribution is 0.609. The maximum absolute atomic E-state index is 11.1. The normalized spacial score (nSPS) is 11.4. The van der Waals surface area contributed by atoms with E-state index in [1.807, 2.05) is 49.4 Å². The number of benzene rings is 2. The summed E-state index contributed by atoms with van der Waals surface area (Å²) in [7, 11) is 1.76. The Morgan fingerprint density at radius 2 is 1.78 bits per heavy atom. The molecule has 0 saturated heterocycles. The lowest BCUT2D eigenvalue weighted by Crippen LogP contribution is -1.95. The second-order valence-corrected chi connectivity index (χ2v) is 6.98. The zero-order valence-electron chi connectivity index (χ0n) is 9.93. The fraction of sp³-hybridized carbons (Fsp3) is 0.143. The van der Waals surface area contributed by atoms with Crippen LogP contribution < -0.4 is 0 Å². The van der Waals surface area contributed by atoms with E-state index in [1.54, 1.807) is 6.07 Å². The fourth-order valence-electron chi connectivity index (χ4n) is 1.92. The molecule has 0 atom stereocenters. The molecule has 4 heteroatoms. The third-order valence-corrected chi connectivity index (χ3v) is 3.73. The molecule has 0 heterocycles. The van der Waals surface area contributed by atoms with Gasteiger partial charge in [-0.25, -0.2) is 8.42 Å². The molecule has 0 bridgehead atoms. The van der Waals surface area contributed by atoms with Crippen molar-refractivity contribution in [2.75, 3.05) is 0 Å². The summed E-state index contributed by atoms with van der Waals surface area (Å²) < 4.78 is 22.2. The molecular formula is C14H13ClO2S. The molecular weight excluding hydrogens is 268 g/mol. The first-order valence-electron chi connectivity index (χ1n) is 5.53. The molecule has 2 aromatic carbocycles. The van der Waals surface area contributed by atoms with Crippen LogP contribution in [0.3, 0.4) is 0 Å². The molecule has 2 rings (SSSR count). The van der Waals surface area contributed by atoms with Gasteiger partial charge in [0.1, 0.15) is 0 Å². The Kier molecular flexibility index (Phi) is 3.73. The van der Waals surface area contributed by atoms with Crippen molar-refractivity contribution in [3.8, 4) is 11.1 Å². The van der Waals surface area contributed by atoms with E-state index in [0.717, 1.165) is 16.7 Å². The Hall–Kier alpha value is -1.32. The fourth-order valence-corrected chi connectivity index (χ4v) is 2.88. The van der Waals surface area contributed by atoms with Crippen molar-refractivity contribution in [1.29, 1.82) is 0 Å². The van der Waals surface area contributed by atoms with Crippen molar-refractivity contribution in [3.05, 3.63) is 59.7 Å². The van der Waals surface area contributed by atoms with Crippen LogP contribution >= 0.6 is 10.7 Å². The van der Waals surface area contributed by atoms with E-state index in [2.05, 4.69) is 0 Å². The molecule has 0 N–H and O–H groups in total. The van der Waals surface area contributed by atoms with Crippen LogP contribution in [0.5, 0.6) is 0 Å². The van der Waals surface area contributed by atoms with Gasteiger partial charge in [-0.05, 0) is 29.2 Å². The molecule has 0 radical (unpaired) electrons. The number of aryl methyl sites for hydroxylation is 1. The molecule has 2 nitrogen and oxygen atoms in total. The van der Waals surface area contributed by atoms with Crippen LogP contribution in [0.15, 0.2) is 48.5 Å². The van der Waals surface area contributed by atoms with Crippen molar-refractivity contribution < 1.29 is 8.42 Å². The number of hydrogen-bond acceptors (Lipinski definition) is 2. The molecule has 0 spiro atoms. The summed E-state index contributed by atoms with van der Waals surface area (Å²) >= 11 is 0. The Bertz CT molecular complexity index is 663. The van der Waals surface area contributed by atoms with Gasteiger partial charge in [-0.15, -0.1) is 0 Å². The van der Waals surface area contributed by atoms with E-state index in [9.17, 15) is 8.42 Å². The van der Waals surface area contributed by atoms with Gasteiger partial charge in [0.15, 0.2) is 0 Å². The quantitative estimate of drug-likeness (QED) is 0.803. The first-order chi connectivity index (χ1) is 8.46. The topological polar surface area (TPSA) is 34.1 Å². The highest BCUT2D eigenvalue weighted by Gasteiger charge is 2.08. The van der Waals surface area contributed by atoms with Crippen molar-refractivity contribution in [2.45, 2.75) is 12.7 Å². The summed E-state index contributed by atoms with van der Waals surface area (Å²) in [6.07, 6.45) is 0. The van der Waals surface area contributed by atoms with Crippen LogP contribution in [-0.2, 0) is 14.8 Å². The Balaban J connectivity index is 2.42. The molecule has 94 valence electrons. The number of halogens is 1. The Morgan fingerprint density at radius 1 is 1.06 bits per heavy atom. The van der Waals surface area contributed by atoms with Gasteiger partial charge in [0, 0.05) is 10.7 Å². The van der Waals surface area contributed by atoms with Gasteiger partial charge >= 0.3 is 0 Å². The Morgan fingerprint density at radius 3 is 2.44 bits per heavy atom. The minimum Gasteiger partial charge on any atom is -0.212 e. The van der Waals surface area contributed by atoms with Crippen molar-refractivity contribution in [3.63, 3.8) is 0 Å².